The monoisotopic (exact) mass is 555 g/mol. The van der Waals surface area contributed by atoms with E-state index >= 15 is 0 Å². The molecule has 0 N–H and O–H groups in total. The molecule has 1 aliphatic rings. The van der Waals surface area contributed by atoms with Crippen molar-refractivity contribution < 1.29 is 0 Å². The second-order valence-corrected chi connectivity index (χ2v) is 12.7. The minimum absolute atomic E-state index is 0.0160. The summed E-state index contributed by atoms with van der Waals surface area (Å²) >= 11 is 0. The van der Waals surface area contributed by atoms with Crippen LogP contribution in [-0.2, 0) is 10.8 Å². The van der Waals surface area contributed by atoms with Crippen LogP contribution in [0.4, 0.5) is 17.1 Å². The topological polar surface area (TPSA) is 3.24 Å². The van der Waals surface area contributed by atoms with Crippen LogP contribution in [0.1, 0.15) is 38.8 Å². The van der Waals surface area contributed by atoms with Gasteiger partial charge in [-0.2, -0.15) is 0 Å². The van der Waals surface area contributed by atoms with Crippen molar-refractivity contribution in [2.24, 2.45) is 0 Å². The molecule has 0 aromatic heterocycles. The summed E-state index contributed by atoms with van der Waals surface area (Å²) < 4.78 is 0. The van der Waals surface area contributed by atoms with Gasteiger partial charge in [-0.15, -0.1) is 0 Å². The maximum absolute atomic E-state index is 2.43. The van der Waals surface area contributed by atoms with Gasteiger partial charge in [-0.3, -0.25) is 0 Å². The highest BCUT2D eigenvalue weighted by Crippen LogP contribution is 2.55. The Kier molecular flexibility index (Phi) is 6.55. The highest BCUT2D eigenvalue weighted by molar-refractivity contribution is 5.86. The van der Waals surface area contributed by atoms with E-state index in [9.17, 15) is 0 Å². The van der Waals surface area contributed by atoms with Gasteiger partial charge >= 0.3 is 0 Å². The zero-order chi connectivity index (χ0) is 29.6. The van der Waals surface area contributed by atoms with Crippen LogP contribution < -0.4 is 4.90 Å². The van der Waals surface area contributed by atoms with E-state index in [0.717, 1.165) is 17.1 Å². The predicted octanol–water partition coefficient (Wildman–Crippen LogP) is 11.7. The molecule has 0 unspecified atom stereocenters. The minimum Gasteiger partial charge on any atom is -0.310 e. The molecular formula is C42H37N. The SMILES string of the molecule is CC1(C)c2ccc(-c3ccccc3)cc2-c2cc(-c3cccc(N(c4ccccc4)c4ccccc4)c3)ccc2C1(C)C. The quantitative estimate of drug-likeness (QED) is 0.204. The maximum Gasteiger partial charge on any atom is 0.0467 e. The lowest BCUT2D eigenvalue weighted by atomic mass is 9.55. The Bertz CT molecular complexity index is 1860. The van der Waals surface area contributed by atoms with Gasteiger partial charge in [-0.25, -0.2) is 0 Å². The van der Waals surface area contributed by atoms with Crippen LogP contribution in [0.15, 0.2) is 152 Å². The fourth-order valence-electron chi connectivity index (χ4n) is 6.71. The van der Waals surface area contributed by atoms with Gasteiger partial charge in [0, 0.05) is 17.1 Å². The highest BCUT2D eigenvalue weighted by atomic mass is 15.1. The first-order valence-electron chi connectivity index (χ1n) is 15.2. The molecule has 6 aromatic carbocycles. The van der Waals surface area contributed by atoms with Gasteiger partial charge in [-0.1, -0.05) is 131 Å². The second-order valence-electron chi connectivity index (χ2n) is 12.7. The first-order valence-corrected chi connectivity index (χ1v) is 15.2. The summed E-state index contributed by atoms with van der Waals surface area (Å²) in [6.45, 7) is 9.60. The third-order valence-electron chi connectivity index (χ3n) is 9.81. The van der Waals surface area contributed by atoms with Crippen molar-refractivity contribution in [1.82, 2.24) is 0 Å². The van der Waals surface area contributed by atoms with Gasteiger partial charge < -0.3 is 4.90 Å². The number of anilines is 3. The molecule has 7 rings (SSSR count). The molecule has 210 valence electrons. The molecule has 1 nitrogen and oxygen atoms in total. The van der Waals surface area contributed by atoms with Crippen molar-refractivity contribution in [2.45, 2.75) is 38.5 Å². The summed E-state index contributed by atoms with van der Waals surface area (Å²) in [6, 6.07) is 55.1. The number of benzene rings is 6. The summed E-state index contributed by atoms with van der Waals surface area (Å²) in [6.07, 6.45) is 0. The first kappa shape index (κ1) is 27.0. The maximum atomic E-state index is 2.43. The lowest BCUT2D eigenvalue weighted by Crippen LogP contribution is -2.43. The molecule has 0 amide bonds. The van der Waals surface area contributed by atoms with E-state index in [-0.39, 0.29) is 10.8 Å². The number of hydrogen-bond acceptors (Lipinski definition) is 1. The second kappa shape index (κ2) is 10.4. The van der Waals surface area contributed by atoms with Crippen LogP contribution >= 0.6 is 0 Å². The van der Waals surface area contributed by atoms with E-state index in [2.05, 4.69) is 184 Å². The third kappa shape index (κ3) is 4.57. The van der Waals surface area contributed by atoms with Crippen LogP contribution in [0.25, 0.3) is 33.4 Å². The smallest absolute Gasteiger partial charge is 0.0467 e. The van der Waals surface area contributed by atoms with Crippen molar-refractivity contribution in [2.75, 3.05) is 4.90 Å². The van der Waals surface area contributed by atoms with Crippen LogP contribution in [0.2, 0.25) is 0 Å². The van der Waals surface area contributed by atoms with Crippen LogP contribution in [0.5, 0.6) is 0 Å². The van der Waals surface area contributed by atoms with Crippen molar-refractivity contribution in [3.8, 4) is 33.4 Å². The van der Waals surface area contributed by atoms with Crippen molar-refractivity contribution >= 4 is 17.1 Å². The van der Waals surface area contributed by atoms with Gasteiger partial charge in [-0.05, 0) is 104 Å². The molecule has 43 heavy (non-hydrogen) atoms. The average molecular weight is 556 g/mol. The average Bonchev–Trinajstić information content (AvgIpc) is 3.05. The summed E-state index contributed by atoms with van der Waals surface area (Å²) in [5, 5.41) is 0. The van der Waals surface area contributed by atoms with Gasteiger partial charge in [0.1, 0.15) is 0 Å². The Hall–Kier alpha value is -4.88. The number of hydrogen-bond donors (Lipinski definition) is 0. The molecule has 6 aromatic rings. The Morgan fingerprint density at radius 1 is 0.349 bits per heavy atom. The molecule has 0 aliphatic heterocycles. The van der Waals surface area contributed by atoms with Crippen LogP contribution in [0, 0.1) is 0 Å². The zero-order valence-corrected chi connectivity index (χ0v) is 25.4. The fraction of sp³-hybridized carbons (Fsp3) is 0.143. The van der Waals surface area contributed by atoms with E-state index in [4.69, 9.17) is 0 Å². The molecule has 0 saturated heterocycles. The zero-order valence-electron chi connectivity index (χ0n) is 25.4. The molecule has 0 saturated carbocycles. The van der Waals surface area contributed by atoms with E-state index in [0.29, 0.717) is 0 Å². The number of para-hydroxylation sites is 2. The van der Waals surface area contributed by atoms with E-state index in [1.54, 1.807) is 0 Å². The summed E-state index contributed by atoms with van der Waals surface area (Å²) in [7, 11) is 0. The van der Waals surface area contributed by atoms with Gasteiger partial charge in [0.25, 0.3) is 0 Å². The Morgan fingerprint density at radius 2 is 0.744 bits per heavy atom. The van der Waals surface area contributed by atoms with Crippen LogP contribution in [0.3, 0.4) is 0 Å². The summed E-state index contributed by atoms with van der Waals surface area (Å²) in [5.41, 5.74) is 13.8. The lowest BCUT2D eigenvalue weighted by Gasteiger charge is -2.48. The summed E-state index contributed by atoms with van der Waals surface area (Å²) in [5.74, 6) is 0. The highest BCUT2D eigenvalue weighted by Gasteiger charge is 2.45. The molecule has 0 fully saturated rings. The molecule has 0 atom stereocenters. The number of rotatable bonds is 5. The molecule has 0 bridgehead atoms. The summed E-state index contributed by atoms with van der Waals surface area (Å²) in [4.78, 5) is 2.33. The van der Waals surface area contributed by atoms with Crippen molar-refractivity contribution in [1.29, 1.82) is 0 Å². The third-order valence-corrected chi connectivity index (χ3v) is 9.81. The molecule has 0 spiro atoms. The first-order chi connectivity index (χ1) is 20.8. The Labute approximate surface area is 256 Å². The Balaban J connectivity index is 1.38. The van der Waals surface area contributed by atoms with E-state index in [1.807, 2.05) is 0 Å². The predicted molar refractivity (Wildman–Crippen MR) is 183 cm³/mol. The lowest BCUT2D eigenvalue weighted by molar-refractivity contribution is 0.299. The fourth-order valence-corrected chi connectivity index (χ4v) is 6.71. The standard InChI is InChI=1S/C42H37N/c1-41(2)39-25-23-32(30-15-8-5-9-16-30)28-37(39)38-29-33(24-26-40(38)42(41,3)4)31-17-14-22-36(27-31)43(34-18-10-6-11-19-34)35-20-12-7-13-21-35/h5-29H,1-4H3. The largest absolute Gasteiger partial charge is 0.310 e. The normalized spacial score (nSPS) is 14.4. The van der Waals surface area contributed by atoms with Crippen molar-refractivity contribution in [3.05, 3.63) is 163 Å². The van der Waals surface area contributed by atoms with Crippen LogP contribution in [-0.4, -0.2) is 0 Å². The molecule has 1 heteroatoms. The molecule has 0 heterocycles. The van der Waals surface area contributed by atoms with Gasteiger partial charge in [0.05, 0.1) is 0 Å². The van der Waals surface area contributed by atoms with Gasteiger partial charge in [0.2, 0.25) is 0 Å². The molecule has 0 radical (unpaired) electrons. The number of nitrogens with zero attached hydrogens (tertiary/aromatic N) is 1. The molecular weight excluding hydrogens is 518 g/mol. The minimum atomic E-state index is -0.0264. The molecule has 1 aliphatic carbocycles. The van der Waals surface area contributed by atoms with E-state index < -0.39 is 0 Å². The Morgan fingerprint density at radius 3 is 1.26 bits per heavy atom. The van der Waals surface area contributed by atoms with E-state index in [1.165, 1.54) is 44.5 Å². The number of fused-ring (bicyclic) bond motifs is 3. The van der Waals surface area contributed by atoms with Crippen molar-refractivity contribution in [3.63, 3.8) is 0 Å². The van der Waals surface area contributed by atoms with Gasteiger partial charge in [0.15, 0.2) is 0 Å².